The van der Waals surface area contributed by atoms with Crippen LogP contribution in [0.5, 0.6) is 0 Å². The monoisotopic (exact) mass is 506 g/mol. The lowest BCUT2D eigenvalue weighted by atomic mass is 10.1. The van der Waals surface area contributed by atoms with E-state index < -0.39 is 5.97 Å². The predicted octanol–water partition coefficient (Wildman–Crippen LogP) is 5.64. The van der Waals surface area contributed by atoms with E-state index in [4.69, 9.17) is 44.8 Å². The summed E-state index contributed by atoms with van der Waals surface area (Å²) in [5, 5.41) is 11.0. The van der Waals surface area contributed by atoms with Crippen molar-refractivity contribution < 1.29 is 14.2 Å². The smallest absolute Gasteiger partial charge is 0.360 e. The number of hydrogen-bond donors (Lipinski definition) is 1. The zero-order chi connectivity index (χ0) is 22.8. The number of hydrazine groups is 1. The SMILES string of the molecule is Cc1onc(-c2c(Cl)cccc2Cl)c1C(=O)O/N=C1\SC(=S)N(C)NC1c1ccccc1. The van der Waals surface area contributed by atoms with Crippen LogP contribution in [0.4, 0.5) is 0 Å². The van der Waals surface area contributed by atoms with E-state index in [0.29, 0.717) is 25.0 Å². The molecule has 1 fully saturated rings. The van der Waals surface area contributed by atoms with Gasteiger partial charge in [-0.3, -0.25) is 5.01 Å². The number of nitrogens with zero attached hydrogens (tertiary/aromatic N) is 3. The van der Waals surface area contributed by atoms with Gasteiger partial charge in [0.25, 0.3) is 0 Å². The minimum absolute atomic E-state index is 0.0917. The molecule has 4 rings (SSSR count). The third-order valence-corrected chi connectivity index (χ3v) is 6.77. The van der Waals surface area contributed by atoms with Crippen LogP contribution in [0, 0.1) is 6.92 Å². The summed E-state index contributed by atoms with van der Waals surface area (Å²) in [5.41, 5.74) is 4.84. The minimum atomic E-state index is -0.750. The number of nitrogens with one attached hydrogen (secondary N) is 1. The number of benzene rings is 2. The quantitative estimate of drug-likeness (QED) is 0.276. The van der Waals surface area contributed by atoms with E-state index in [9.17, 15) is 4.79 Å². The van der Waals surface area contributed by atoms with Crippen molar-refractivity contribution in [2.75, 3.05) is 7.05 Å². The van der Waals surface area contributed by atoms with Gasteiger partial charge in [-0.2, -0.15) is 0 Å². The molecule has 2 heterocycles. The fraction of sp³-hybridized carbons (Fsp3) is 0.143. The van der Waals surface area contributed by atoms with Gasteiger partial charge in [0, 0.05) is 12.6 Å². The molecule has 1 aliphatic rings. The van der Waals surface area contributed by atoms with Crippen LogP contribution in [0.2, 0.25) is 10.0 Å². The first-order valence-corrected chi connectivity index (χ1v) is 11.3. The van der Waals surface area contributed by atoms with Gasteiger partial charge in [0.05, 0.1) is 10.0 Å². The summed E-state index contributed by atoms with van der Waals surface area (Å²) in [6.07, 6.45) is 0. The summed E-state index contributed by atoms with van der Waals surface area (Å²) in [7, 11) is 1.81. The molecule has 0 bridgehead atoms. The van der Waals surface area contributed by atoms with Crippen LogP contribution in [0.25, 0.3) is 11.3 Å². The third kappa shape index (κ3) is 4.53. The Kier molecular flexibility index (Phi) is 6.82. The second-order valence-electron chi connectivity index (χ2n) is 6.77. The van der Waals surface area contributed by atoms with Gasteiger partial charge in [0.1, 0.15) is 28.1 Å². The first kappa shape index (κ1) is 22.8. The van der Waals surface area contributed by atoms with E-state index in [0.717, 1.165) is 5.56 Å². The zero-order valence-corrected chi connectivity index (χ0v) is 20.0. The molecule has 11 heteroatoms. The lowest BCUT2D eigenvalue weighted by Crippen LogP contribution is -2.47. The molecule has 32 heavy (non-hydrogen) atoms. The fourth-order valence-corrected chi connectivity index (χ4v) is 4.73. The number of aryl methyl sites for hydroxylation is 1. The average Bonchev–Trinajstić information content (AvgIpc) is 3.15. The number of carbonyl (C=O) groups is 1. The Morgan fingerprint density at radius 3 is 2.59 bits per heavy atom. The maximum atomic E-state index is 13.0. The second kappa shape index (κ2) is 9.60. The van der Waals surface area contributed by atoms with Gasteiger partial charge < -0.3 is 9.36 Å². The molecule has 2 aromatic carbocycles. The highest BCUT2D eigenvalue weighted by Crippen LogP contribution is 2.37. The average molecular weight is 507 g/mol. The van der Waals surface area contributed by atoms with Crippen LogP contribution in [0.1, 0.15) is 27.7 Å². The number of hydrogen-bond acceptors (Lipinski definition) is 8. The van der Waals surface area contributed by atoms with Crippen molar-refractivity contribution >= 4 is 62.5 Å². The first-order valence-electron chi connectivity index (χ1n) is 9.33. The highest BCUT2D eigenvalue weighted by Gasteiger charge is 2.31. The minimum Gasteiger partial charge on any atom is -0.360 e. The highest BCUT2D eigenvalue weighted by molar-refractivity contribution is 8.33. The summed E-state index contributed by atoms with van der Waals surface area (Å²) in [4.78, 5) is 18.3. The number of thioether (sulfide) groups is 1. The molecule has 0 saturated carbocycles. The molecule has 3 aromatic rings. The third-order valence-electron chi connectivity index (χ3n) is 4.65. The Morgan fingerprint density at radius 2 is 1.91 bits per heavy atom. The van der Waals surface area contributed by atoms with Gasteiger partial charge in [-0.05, 0) is 36.4 Å². The molecule has 1 saturated heterocycles. The molecule has 0 aliphatic carbocycles. The van der Waals surface area contributed by atoms with Crippen molar-refractivity contribution in [1.29, 1.82) is 0 Å². The molecule has 7 nitrogen and oxygen atoms in total. The summed E-state index contributed by atoms with van der Waals surface area (Å²) < 4.78 is 5.77. The lowest BCUT2D eigenvalue weighted by Gasteiger charge is -2.33. The van der Waals surface area contributed by atoms with Crippen LogP contribution in [-0.2, 0) is 4.84 Å². The van der Waals surface area contributed by atoms with Crippen LogP contribution < -0.4 is 5.43 Å². The summed E-state index contributed by atoms with van der Waals surface area (Å²) in [6, 6.07) is 14.3. The fourth-order valence-electron chi connectivity index (χ4n) is 3.09. The van der Waals surface area contributed by atoms with Crippen molar-refractivity contribution in [3.8, 4) is 11.3 Å². The first-order chi connectivity index (χ1) is 15.4. The molecule has 0 amide bonds. The van der Waals surface area contributed by atoms with Gasteiger partial charge >= 0.3 is 5.97 Å². The Bertz CT molecular complexity index is 1200. The molecule has 1 unspecified atom stereocenters. The highest BCUT2D eigenvalue weighted by atomic mass is 35.5. The number of thiocarbonyl (C=S) groups is 1. The van der Waals surface area contributed by atoms with Crippen LogP contribution in [0.15, 0.2) is 58.2 Å². The molecule has 164 valence electrons. The second-order valence-corrected chi connectivity index (χ2v) is 9.24. The number of halogens is 2. The van der Waals surface area contributed by atoms with Gasteiger partial charge in [0.15, 0.2) is 4.32 Å². The predicted molar refractivity (Wildman–Crippen MR) is 130 cm³/mol. The Hall–Kier alpha value is -2.43. The van der Waals surface area contributed by atoms with Crippen molar-refractivity contribution in [3.05, 3.63) is 75.5 Å². The Balaban J connectivity index is 1.66. The summed E-state index contributed by atoms with van der Waals surface area (Å²) in [5.74, 6) is -0.495. The normalized spacial score (nSPS) is 17.6. The molecule has 0 spiro atoms. The van der Waals surface area contributed by atoms with E-state index in [2.05, 4.69) is 15.7 Å². The van der Waals surface area contributed by atoms with Gasteiger partial charge in [-0.15, -0.1) is 0 Å². The van der Waals surface area contributed by atoms with Gasteiger partial charge in [-0.1, -0.05) is 82.1 Å². The zero-order valence-electron chi connectivity index (χ0n) is 16.8. The van der Waals surface area contributed by atoms with Crippen molar-refractivity contribution in [2.45, 2.75) is 13.0 Å². The van der Waals surface area contributed by atoms with E-state index in [1.807, 2.05) is 37.4 Å². The largest absolute Gasteiger partial charge is 0.371 e. The lowest BCUT2D eigenvalue weighted by molar-refractivity contribution is 0.0514. The molecular formula is C21H16Cl2N4O3S2. The van der Waals surface area contributed by atoms with E-state index in [1.165, 1.54) is 11.8 Å². The Morgan fingerprint density at radius 1 is 1.22 bits per heavy atom. The molecular weight excluding hydrogens is 491 g/mol. The van der Waals surface area contributed by atoms with Crippen molar-refractivity contribution in [3.63, 3.8) is 0 Å². The van der Waals surface area contributed by atoms with E-state index in [-0.39, 0.29) is 23.1 Å². The van der Waals surface area contributed by atoms with Gasteiger partial charge in [0.2, 0.25) is 0 Å². The number of oxime groups is 1. The van der Waals surface area contributed by atoms with Crippen LogP contribution in [0.3, 0.4) is 0 Å². The van der Waals surface area contributed by atoms with Gasteiger partial charge in [-0.25, -0.2) is 10.2 Å². The van der Waals surface area contributed by atoms with E-state index in [1.54, 1.807) is 30.1 Å². The summed E-state index contributed by atoms with van der Waals surface area (Å²) >= 11 is 19.2. The van der Waals surface area contributed by atoms with Crippen molar-refractivity contribution in [1.82, 2.24) is 15.6 Å². The maximum Gasteiger partial charge on any atom is 0.371 e. The topological polar surface area (TPSA) is 80.0 Å². The van der Waals surface area contributed by atoms with Crippen molar-refractivity contribution in [2.24, 2.45) is 5.16 Å². The molecule has 1 aliphatic heterocycles. The summed E-state index contributed by atoms with van der Waals surface area (Å²) in [6.45, 7) is 1.60. The van der Waals surface area contributed by atoms with E-state index >= 15 is 0 Å². The van der Waals surface area contributed by atoms with Crippen LogP contribution in [-0.4, -0.2) is 32.5 Å². The van der Waals surface area contributed by atoms with Crippen LogP contribution >= 0.6 is 47.2 Å². The number of rotatable bonds is 4. The standard InChI is InChI=1S/C21H16Cl2N4O3S2/c1-11-15(18(25-29-11)16-13(22)9-6-10-14(16)23)20(28)30-26-19-17(12-7-4-3-5-8-12)24-27(2)21(31)32-19/h3-10,17,24H,1-2H3/b26-19-. The Labute approximate surface area is 203 Å². The maximum absolute atomic E-state index is 13.0. The molecule has 0 radical (unpaired) electrons. The number of carbonyl (C=O) groups excluding carboxylic acids is 1. The molecule has 1 atom stereocenters. The molecule has 1 N–H and O–H groups in total. The molecule has 1 aromatic heterocycles. The number of aromatic nitrogens is 1.